The molecule has 0 amide bonds. The van der Waals surface area contributed by atoms with E-state index < -0.39 is 0 Å². The molecule has 0 spiro atoms. The second-order valence-electron chi connectivity index (χ2n) is 15.0. The van der Waals surface area contributed by atoms with Crippen molar-refractivity contribution in [2.75, 3.05) is 0 Å². The molecular weight excluding hydrogens is 504 g/mol. The third-order valence-corrected chi connectivity index (χ3v) is 10.9. The highest BCUT2D eigenvalue weighted by atomic mass is 14.5. The van der Waals surface area contributed by atoms with Gasteiger partial charge in [-0.2, -0.15) is 0 Å². The van der Waals surface area contributed by atoms with E-state index in [0.29, 0.717) is 0 Å². The van der Waals surface area contributed by atoms with Crippen molar-refractivity contribution < 1.29 is 0 Å². The van der Waals surface area contributed by atoms with Crippen molar-refractivity contribution in [2.45, 2.75) is 64.7 Å². The molecular formula is C42H36. The molecule has 0 unspecified atom stereocenters. The van der Waals surface area contributed by atoms with Crippen LogP contribution < -0.4 is 0 Å². The molecule has 204 valence electrons. The Morgan fingerprint density at radius 1 is 0.452 bits per heavy atom. The lowest BCUT2D eigenvalue weighted by Crippen LogP contribution is -2.17. The molecule has 0 heteroatoms. The number of hydrogen-bond acceptors (Lipinski definition) is 0. The van der Waals surface area contributed by atoms with Crippen molar-refractivity contribution in [1.29, 1.82) is 0 Å². The van der Waals surface area contributed by atoms with Gasteiger partial charge in [-0.15, -0.1) is 0 Å². The first-order valence-electron chi connectivity index (χ1n) is 15.4. The van der Waals surface area contributed by atoms with E-state index in [1.54, 1.807) is 0 Å². The number of benzene rings is 7. The third kappa shape index (κ3) is 2.84. The molecule has 0 aliphatic heterocycles. The lowest BCUT2D eigenvalue weighted by molar-refractivity contribution is 0.591. The minimum absolute atomic E-state index is 0.0518. The number of rotatable bonds is 0. The largest absolute Gasteiger partial charge is 0.0616 e. The summed E-state index contributed by atoms with van der Waals surface area (Å²) in [5, 5.41) is 11.0. The van der Waals surface area contributed by atoms with Gasteiger partial charge in [0.25, 0.3) is 0 Å². The van der Waals surface area contributed by atoms with Crippen LogP contribution in [-0.4, -0.2) is 0 Å². The standard InChI is InChI=1S/C42H36/c1-40(2,3)27-18-24-12-13-26-20-35-39(29-16-14-25(19-27)36(24)37(26)29)31-22-33-30(21-34(31)42(35,6)7)38-28-11-9-8-10-23(28)15-17-32(38)41(33,4)5/h8-22H,1-7H3. The van der Waals surface area contributed by atoms with Gasteiger partial charge in [0.15, 0.2) is 0 Å². The van der Waals surface area contributed by atoms with Crippen LogP contribution in [0.3, 0.4) is 0 Å². The second kappa shape index (κ2) is 7.42. The first-order valence-corrected chi connectivity index (χ1v) is 15.4. The maximum absolute atomic E-state index is 2.57. The van der Waals surface area contributed by atoms with Crippen LogP contribution in [0.15, 0.2) is 91.0 Å². The van der Waals surface area contributed by atoms with E-state index >= 15 is 0 Å². The molecule has 0 nitrogen and oxygen atoms in total. The average Bonchev–Trinajstić information content (AvgIpc) is 3.33. The van der Waals surface area contributed by atoms with Gasteiger partial charge in [-0.3, -0.25) is 0 Å². The van der Waals surface area contributed by atoms with Crippen LogP contribution in [0.5, 0.6) is 0 Å². The van der Waals surface area contributed by atoms with Crippen LogP contribution in [0.4, 0.5) is 0 Å². The molecule has 0 saturated carbocycles. The summed E-state index contributed by atoms with van der Waals surface area (Å²) in [7, 11) is 0. The summed E-state index contributed by atoms with van der Waals surface area (Å²) < 4.78 is 0. The summed E-state index contributed by atoms with van der Waals surface area (Å²) in [4.78, 5) is 0. The molecule has 0 aromatic heterocycles. The molecule has 2 aliphatic carbocycles. The van der Waals surface area contributed by atoms with Crippen LogP contribution >= 0.6 is 0 Å². The van der Waals surface area contributed by atoms with Gasteiger partial charge in [0.2, 0.25) is 0 Å². The minimum Gasteiger partial charge on any atom is -0.0616 e. The van der Waals surface area contributed by atoms with E-state index in [2.05, 4.69) is 139 Å². The SMILES string of the molecule is CC(C)(C)c1cc2ccc3cc4c(c5ccc(c1)c2c35)-c1cc2c(cc1C4(C)C)-c1c(ccc3ccccc13)C2(C)C. The zero-order valence-corrected chi connectivity index (χ0v) is 25.7. The van der Waals surface area contributed by atoms with E-state index in [-0.39, 0.29) is 16.2 Å². The Morgan fingerprint density at radius 2 is 1.00 bits per heavy atom. The molecule has 0 saturated heterocycles. The second-order valence-corrected chi connectivity index (χ2v) is 15.0. The fraction of sp³-hybridized carbons (Fsp3) is 0.238. The van der Waals surface area contributed by atoms with E-state index in [9.17, 15) is 0 Å². The highest BCUT2D eigenvalue weighted by molar-refractivity contribution is 6.27. The van der Waals surface area contributed by atoms with Gasteiger partial charge in [-0.25, -0.2) is 0 Å². The van der Waals surface area contributed by atoms with Crippen LogP contribution in [-0.2, 0) is 16.2 Å². The molecule has 2 aliphatic rings. The Hall–Kier alpha value is -4.16. The first kappa shape index (κ1) is 24.4. The molecule has 42 heavy (non-hydrogen) atoms. The minimum atomic E-state index is -0.0823. The Morgan fingerprint density at radius 3 is 1.67 bits per heavy atom. The molecule has 0 bridgehead atoms. The summed E-state index contributed by atoms with van der Waals surface area (Å²) in [6.45, 7) is 16.6. The van der Waals surface area contributed by atoms with Crippen molar-refractivity contribution in [3.05, 3.63) is 119 Å². The summed E-state index contributed by atoms with van der Waals surface area (Å²) in [6.07, 6.45) is 0. The zero-order valence-electron chi connectivity index (χ0n) is 25.7. The number of fused-ring (bicyclic) bond motifs is 9. The maximum atomic E-state index is 2.57. The molecule has 0 fully saturated rings. The van der Waals surface area contributed by atoms with E-state index in [4.69, 9.17) is 0 Å². The Balaban J connectivity index is 1.38. The molecule has 7 aromatic rings. The summed E-state index contributed by atoms with van der Waals surface area (Å²) in [5.41, 5.74) is 12.9. The monoisotopic (exact) mass is 540 g/mol. The van der Waals surface area contributed by atoms with E-state index in [0.717, 1.165) is 0 Å². The Kier molecular flexibility index (Phi) is 4.32. The Labute approximate surface area is 248 Å². The molecule has 0 N–H and O–H groups in total. The van der Waals surface area contributed by atoms with E-state index in [1.807, 2.05) is 0 Å². The van der Waals surface area contributed by atoms with Gasteiger partial charge < -0.3 is 0 Å². The zero-order chi connectivity index (χ0) is 28.9. The molecule has 0 heterocycles. The quantitative estimate of drug-likeness (QED) is 0.168. The van der Waals surface area contributed by atoms with Gasteiger partial charge >= 0.3 is 0 Å². The normalized spacial score (nSPS) is 16.4. The van der Waals surface area contributed by atoms with Crippen molar-refractivity contribution in [1.82, 2.24) is 0 Å². The van der Waals surface area contributed by atoms with Crippen molar-refractivity contribution in [2.24, 2.45) is 0 Å². The molecule has 0 atom stereocenters. The van der Waals surface area contributed by atoms with Crippen LogP contribution in [0.2, 0.25) is 0 Å². The Bertz CT molecular complexity index is 2300. The van der Waals surface area contributed by atoms with Crippen molar-refractivity contribution in [3.63, 3.8) is 0 Å². The molecule has 9 rings (SSSR count). The van der Waals surface area contributed by atoms with Gasteiger partial charge in [-0.05, 0) is 117 Å². The molecule has 7 aromatic carbocycles. The third-order valence-electron chi connectivity index (χ3n) is 10.9. The number of hydrogen-bond donors (Lipinski definition) is 0. The smallest absolute Gasteiger partial charge is 0.0159 e. The van der Waals surface area contributed by atoms with E-state index in [1.165, 1.54) is 93.2 Å². The fourth-order valence-corrected chi connectivity index (χ4v) is 8.53. The van der Waals surface area contributed by atoms with Crippen molar-refractivity contribution in [3.8, 4) is 22.3 Å². The predicted octanol–water partition coefficient (Wildman–Crippen LogP) is 11.6. The van der Waals surface area contributed by atoms with Crippen molar-refractivity contribution >= 4 is 43.1 Å². The maximum Gasteiger partial charge on any atom is 0.0159 e. The highest BCUT2D eigenvalue weighted by Crippen LogP contribution is 2.59. The summed E-state index contributed by atoms with van der Waals surface area (Å²) in [5.74, 6) is 0. The highest BCUT2D eigenvalue weighted by Gasteiger charge is 2.43. The first-order chi connectivity index (χ1) is 20.0. The van der Waals surface area contributed by atoms with Crippen LogP contribution in [0.1, 0.15) is 76.3 Å². The van der Waals surface area contributed by atoms with Gasteiger partial charge in [0.1, 0.15) is 0 Å². The average molecular weight is 541 g/mol. The summed E-state index contributed by atoms with van der Waals surface area (Å²) >= 11 is 0. The van der Waals surface area contributed by atoms with Gasteiger partial charge in [-0.1, -0.05) is 121 Å². The van der Waals surface area contributed by atoms with Gasteiger partial charge in [0.05, 0.1) is 0 Å². The lowest BCUT2D eigenvalue weighted by atomic mass is 9.79. The summed E-state index contributed by atoms with van der Waals surface area (Å²) in [6, 6.07) is 35.6. The lowest BCUT2D eigenvalue weighted by Gasteiger charge is -2.24. The topological polar surface area (TPSA) is 0 Å². The predicted molar refractivity (Wildman–Crippen MR) is 181 cm³/mol. The van der Waals surface area contributed by atoms with Crippen LogP contribution in [0, 0.1) is 0 Å². The fourth-order valence-electron chi connectivity index (χ4n) is 8.53. The van der Waals surface area contributed by atoms with Gasteiger partial charge in [0, 0.05) is 10.8 Å². The van der Waals surface area contributed by atoms with Crippen LogP contribution in [0.25, 0.3) is 65.3 Å². The molecule has 0 radical (unpaired) electrons.